The lowest BCUT2D eigenvalue weighted by atomic mass is 9.98. The van der Waals surface area contributed by atoms with Crippen molar-refractivity contribution in [2.45, 2.75) is 13.3 Å². The second-order valence-corrected chi connectivity index (χ2v) is 6.90. The van der Waals surface area contributed by atoms with E-state index in [2.05, 4.69) is 40.0 Å². The van der Waals surface area contributed by atoms with Crippen LogP contribution in [0.5, 0.6) is 0 Å². The Morgan fingerprint density at radius 2 is 2.03 bits per heavy atom. The molecule has 0 saturated heterocycles. The number of carbonyl (C=O) groups is 1. The average molecular weight is 412 g/mol. The van der Waals surface area contributed by atoms with E-state index < -0.39 is 0 Å². The van der Waals surface area contributed by atoms with E-state index in [1.54, 1.807) is 35.4 Å². The fourth-order valence-electron chi connectivity index (χ4n) is 3.20. The molecule has 1 amide bonds. The van der Waals surface area contributed by atoms with Gasteiger partial charge in [-0.2, -0.15) is 0 Å². The number of nitrogens with two attached hydrogens (primary N) is 2. The quantitative estimate of drug-likeness (QED) is 0.454. The second-order valence-electron chi connectivity index (χ2n) is 6.90. The summed E-state index contributed by atoms with van der Waals surface area (Å²) in [5.41, 5.74) is 15.9. The van der Waals surface area contributed by atoms with Crippen LogP contribution in [0.2, 0.25) is 0 Å². The summed E-state index contributed by atoms with van der Waals surface area (Å²) in [5, 5.41) is 0. The molecular weight excluding hydrogens is 388 g/mol. The van der Waals surface area contributed by atoms with Gasteiger partial charge in [-0.25, -0.2) is 15.0 Å². The molecule has 2 aromatic heterocycles. The Kier molecular flexibility index (Phi) is 6.63. The minimum Gasteiger partial charge on any atom is -0.384 e. The summed E-state index contributed by atoms with van der Waals surface area (Å²) >= 11 is 0. The Balaban J connectivity index is 1.91. The molecule has 0 fully saturated rings. The third kappa shape index (κ3) is 5.06. The first-order chi connectivity index (χ1) is 14.9. The van der Waals surface area contributed by atoms with E-state index in [-0.39, 0.29) is 11.9 Å². The standard InChI is InChI=1S/C24H24N6O/c1-4-6-18(5-2)23(31)30-13-11-19(12-14-30)22-20(16(3)28-24(26)29-22)9-7-17-8-10-21(25)27-15-17/h4-6,8,10-11,15H,1-2,12-14H2,3H3,(H2,25,27)(H2,26,28,29)/b18-6+. The van der Waals surface area contributed by atoms with Crippen LogP contribution < -0.4 is 11.5 Å². The van der Waals surface area contributed by atoms with Crippen molar-refractivity contribution >= 4 is 23.2 Å². The van der Waals surface area contributed by atoms with Crippen molar-refractivity contribution < 1.29 is 4.79 Å². The van der Waals surface area contributed by atoms with Crippen molar-refractivity contribution in [2.24, 2.45) is 0 Å². The zero-order valence-electron chi connectivity index (χ0n) is 17.4. The van der Waals surface area contributed by atoms with E-state index in [9.17, 15) is 4.79 Å². The van der Waals surface area contributed by atoms with Crippen LogP contribution in [0.25, 0.3) is 5.57 Å². The number of hydrogen-bond acceptors (Lipinski definition) is 6. The summed E-state index contributed by atoms with van der Waals surface area (Å²) in [6, 6.07) is 3.50. The third-order valence-electron chi connectivity index (χ3n) is 4.79. The molecule has 7 nitrogen and oxygen atoms in total. The topological polar surface area (TPSA) is 111 Å². The zero-order chi connectivity index (χ0) is 22.4. The molecule has 31 heavy (non-hydrogen) atoms. The number of aryl methyl sites for hydroxylation is 1. The van der Waals surface area contributed by atoms with Crippen LogP contribution >= 0.6 is 0 Å². The fraction of sp³-hybridized carbons (Fsp3) is 0.167. The molecule has 0 bridgehead atoms. The molecule has 156 valence electrons. The third-order valence-corrected chi connectivity index (χ3v) is 4.79. The lowest BCUT2D eigenvalue weighted by molar-refractivity contribution is -0.126. The maximum absolute atomic E-state index is 12.6. The SMILES string of the molecule is C=C/C=C(\C=C)C(=O)N1CC=C(c2nc(N)nc(C)c2C#Cc2ccc(N)nc2)CC1. The maximum atomic E-state index is 12.6. The zero-order valence-corrected chi connectivity index (χ0v) is 17.4. The molecule has 0 aromatic carbocycles. The van der Waals surface area contributed by atoms with Gasteiger partial charge in [-0.05, 0) is 31.1 Å². The number of nitrogens with zero attached hydrogens (tertiary/aromatic N) is 4. The molecule has 2 aromatic rings. The highest BCUT2D eigenvalue weighted by Gasteiger charge is 2.22. The number of pyridine rings is 1. The molecule has 0 radical (unpaired) electrons. The summed E-state index contributed by atoms with van der Waals surface area (Å²) in [5.74, 6) is 6.78. The number of carbonyl (C=O) groups excluding carboxylic acids is 1. The van der Waals surface area contributed by atoms with E-state index >= 15 is 0 Å². The van der Waals surface area contributed by atoms with E-state index in [0.717, 1.165) is 11.1 Å². The van der Waals surface area contributed by atoms with Crippen molar-refractivity contribution in [1.29, 1.82) is 0 Å². The number of nitrogen functional groups attached to an aromatic ring is 2. The van der Waals surface area contributed by atoms with Gasteiger partial charge in [0, 0.05) is 30.4 Å². The van der Waals surface area contributed by atoms with Crippen LogP contribution in [0.3, 0.4) is 0 Å². The maximum Gasteiger partial charge on any atom is 0.254 e. The van der Waals surface area contributed by atoms with Gasteiger partial charge in [0.05, 0.1) is 17.0 Å². The van der Waals surface area contributed by atoms with Gasteiger partial charge in [0.25, 0.3) is 5.91 Å². The van der Waals surface area contributed by atoms with Crippen LogP contribution in [0, 0.1) is 18.8 Å². The molecule has 3 heterocycles. The second kappa shape index (κ2) is 9.55. The van der Waals surface area contributed by atoms with Crippen LogP contribution in [-0.2, 0) is 4.79 Å². The van der Waals surface area contributed by atoms with Gasteiger partial charge < -0.3 is 16.4 Å². The highest BCUT2D eigenvalue weighted by molar-refractivity contribution is 5.96. The van der Waals surface area contributed by atoms with Gasteiger partial charge in [0.1, 0.15) is 5.82 Å². The van der Waals surface area contributed by atoms with Gasteiger partial charge in [-0.15, -0.1) is 0 Å². The first-order valence-electron chi connectivity index (χ1n) is 9.74. The summed E-state index contributed by atoms with van der Waals surface area (Å²) in [6.45, 7) is 10.2. The largest absolute Gasteiger partial charge is 0.384 e. The lowest BCUT2D eigenvalue weighted by Gasteiger charge is -2.27. The number of amides is 1. The van der Waals surface area contributed by atoms with Gasteiger partial charge >= 0.3 is 0 Å². The van der Waals surface area contributed by atoms with Gasteiger partial charge in [-0.1, -0.05) is 49.3 Å². The molecule has 0 aliphatic carbocycles. The van der Waals surface area contributed by atoms with E-state index in [0.29, 0.717) is 47.9 Å². The Labute approximate surface area is 181 Å². The Hall–Kier alpha value is -4.18. The molecule has 0 saturated carbocycles. The molecule has 3 rings (SSSR count). The van der Waals surface area contributed by atoms with Crippen molar-refractivity contribution in [3.8, 4) is 11.8 Å². The van der Waals surface area contributed by atoms with E-state index in [1.807, 2.05) is 13.0 Å². The molecule has 1 aliphatic rings. The molecule has 4 N–H and O–H groups in total. The van der Waals surface area contributed by atoms with Crippen LogP contribution in [0.1, 0.15) is 28.9 Å². The first kappa shape index (κ1) is 21.5. The normalized spacial score (nSPS) is 13.6. The smallest absolute Gasteiger partial charge is 0.254 e. The van der Waals surface area contributed by atoms with Crippen LogP contribution in [0.4, 0.5) is 11.8 Å². The molecular formula is C24H24N6O. The van der Waals surface area contributed by atoms with Crippen LogP contribution in [-0.4, -0.2) is 38.8 Å². The average Bonchev–Trinajstić information content (AvgIpc) is 2.77. The first-order valence-corrected chi connectivity index (χ1v) is 9.74. The Bertz CT molecular complexity index is 1150. The van der Waals surface area contributed by atoms with E-state index in [1.165, 1.54) is 6.08 Å². The number of rotatable bonds is 4. The minimum atomic E-state index is -0.0838. The molecule has 0 unspecified atom stereocenters. The Morgan fingerprint density at radius 1 is 1.23 bits per heavy atom. The van der Waals surface area contributed by atoms with Crippen molar-refractivity contribution in [1.82, 2.24) is 19.9 Å². The van der Waals surface area contributed by atoms with Crippen molar-refractivity contribution in [3.05, 3.63) is 83.9 Å². The monoisotopic (exact) mass is 412 g/mol. The summed E-state index contributed by atoms with van der Waals surface area (Å²) < 4.78 is 0. The van der Waals surface area contributed by atoms with Gasteiger partial charge in [-0.3, -0.25) is 4.79 Å². The lowest BCUT2D eigenvalue weighted by Crippen LogP contribution is -2.35. The van der Waals surface area contributed by atoms with Gasteiger partial charge in [0.15, 0.2) is 0 Å². The number of allylic oxidation sites excluding steroid dienone is 2. The molecule has 0 spiro atoms. The van der Waals surface area contributed by atoms with Crippen molar-refractivity contribution in [2.75, 3.05) is 24.6 Å². The summed E-state index contributed by atoms with van der Waals surface area (Å²) in [4.78, 5) is 27.2. The number of hydrogen-bond donors (Lipinski definition) is 2. The van der Waals surface area contributed by atoms with Crippen molar-refractivity contribution in [3.63, 3.8) is 0 Å². The fourth-order valence-corrected chi connectivity index (χ4v) is 3.20. The molecule has 0 atom stereocenters. The predicted molar refractivity (Wildman–Crippen MR) is 123 cm³/mol. The van der Waals surface area contributed by atoms with Crippen LogP contribution in [0.15, 0.2) is 61.4 Å². The highest BCUT2D eigenvalue weighted by Crippen LogP contribution is 2.26. The highest BCUT2D eigenvalue weighted by atomic mass is 16.2. The molecule has 7 heteroatoms. The number of anilines is 2. The Morgan fingerprint density at radius 3 is 2.65 bits per heavy atom. The van der Waals surface area contributed by atoms with E-state index in [4.69, 9.17) is 11.5 Å². The summed E-state index contributed by atoms with van der Waals surface area (Å²) in [7, 11) is 0. The number of aromatic nitrogens is 3. The molecule has 1 aliphatic heterocycles. The minimum absolute atomic E-state index is 0.0838. The predicted octanol–water partition coefficient (Wildman–Crippen LogP) is 2.66. The van der Waals surface area contributed by atoms with Gasteiger partial charge in [0.2, 0.25) is 5.95 Å². The summed E-state index contributed by atoms with van der Waals surface area (Å²) in [6.07, 6.45) is 8.99.